The van der Waals surface area contributed by atoms with E-state index in [4.69, 9.17) is 24.2 Å². The topological polar surface area (TPSA) is 133 Å². The number of ether oxygens (including phenoxy) is 3. The number of anilines is 2. The number of fused-ring (bicyclic) bond motifs is 2. The Morgan fingerprint density at radius 1 is 1.05 bits per heavy atom. The van der Waals surface area contributed by atoms with Gasteiger partial charge in [-0.2, -0.15) is 28.4 Å². The number of methoxy groups -OCH3 is 1. The zero-order valence-electron chi connectivity index (χ0n) is 37.4. The number of nitriles is 1. The van der Waals surface area contributed by atoms with Crippen molar-refractivity contribution in [1.82, 2.24) is 19.8 Å². The van der Waals surface area contributed by atoms with Gasteiger partial charge in [-0.25, -0.2) is 9.18 Å². The molecule has 0 spiro atoms. The van der Waals surface area contributed by atoms with E-state index in [-0.39, 0.29) is 65.6 Å². The van der Waals surface area contributed by atoms with Gasteiger partial charge in [0.05, 0.1) is 35.1 Å². The predicted octanol–water partition coefficient (Wildman–Crippen LogP) is 10.2. The number of unbranched alkanes of at least 4 members (excludes halogenated alkanes) is 4. The summed E-state index contributed by atoms with van der Waals surface area (Å²) in [4.78, 5) is 41.1. The van der Waals surface area contributed by atoms with Crippen molar-refractivity contribution in [1.29, 1.82) is 5.26 Å². The molecular formula is C47H57F4N7O5S. The van der Waals surface area contributed by atoms with Gasteiger partial charge in [0.2, 0.25) is 0 Å². The van der Waals surface area contributed by atoms with E-state index in [9.17, 15) is 14.9 Å². The number of halogens is 4. The summed E-state index contributed by atoms with van der Waals surface area (Å²) in [5.74, 6) is -0.534. The number of aryl methyl sites for hydroxylation is 1. The molecule has 3 atom stereocenters. The highest BCUT2D eigenvalue weighted by Gasteiger charge is 2.55. The van der Waals surface area contributed by atoms with Crippen LogP contribution >= 0.6 is 11.3 Å². The van der Waals surface area contributed by atoms with Crippen LogP contribution in [-0.2, 0) is 20.4 Å². The smallest absolute Gasteiger partial charge is 0.417 e. The van der Waals surface area contributed by atoms with E-state index < -0.39 is 29.3 Å². The summed E-state index contributed by atoms with van der Waals surface area (Å²) in [7, 11) is 1.41. The zero-order valence-corrected chi connectivity index (χ0v) is 38.2. The second-order valence-corrected chi connectivity index (χ2v) is 20.4. The molecule has 4 aromatic rings. The molecule has 344 valence electrons. The van der Waals surface area contributed by atoms with Gasteiger partial charge in [-0.15, -0.1) is 11.3 Å². The summed E-state index contributed by atoms with van der Waals surface area (Å²) >= 11 is 0.759. The Morgan fingerprint density at radius 3 is 2.44 bits per heavy atom. The number of rotatable bonds is 14. The fourth-order valence-electron chi connectivity index (χ4n) is 10.4. The van der Waals surface area contributed by atoms with Gasteiger partial charge >= 0.3 is 24.2 Å². The molecule has 0 aliphatic carbocycles. The highest BCUT2D eigenvalue weighted by atomic mass is 32.1. The van der Waals surface area contributed by atoms with E-state index in [1.165, 1.54) is 13.2 Å². The average Bonchev–Trinajstić information content (AvgIpc) is 3.57. The van der Waals surface area contributed by atoms with Gasteiger partial charge in [-0.05, 0) is 108 Å². The molecule has 4 aliphatic rings. The van der Waals surface area contributed by atoms with E-state index >= 15 is 17.6 Å². The summed E-state index contributed by atoms with van der Waals surface area (Å²) in [5.41, 5.74) is -2.08. The van der Waals surface area contributed by atoms with Crippen LogP contribution in [0.25, 0.3) is 32.1 Å². The van der Waals surface area contributed by atoms with Crippen LogP contribution < -0.4 is 15.0 Å². The van der Waals surface area contributed by atoms with Crippen LogP contribution in [0, 0.1) is 29.5 Å². The number of esters is 1. The number of hydrogen-bond acceptors (Lipinski definition) is 12. The Kier molecular flexibility index (Phi) is 12.8. The van der Waals surface area contributed by atoms with Gasteiger partial charge in [0.25, 0.3) is 0 Å². The van der Waals surface area contributed by atoms with Gasteiger partial charge in [-0.1, -0.05) is 32.3 Å². The van der Waals surface area contributed by atoms with Crippen molar-refractivity contribution < 1.29 is 41.4 Å². The lowest BCUT2D eigenvalue weighted by Crippen LogP contribution is -2.77. The SMILES string of the molecule is COC(=O)CCCCCCCN1CCCC(C)(COc2nc(N3CC4CC5CC(C3)N54)c3cc(C(F)(F)F)c(-c4ccc(F)c5sc(NC(=O)OC(C)(C)C)c(C#N)c45)c(C)c3n2)C1. The molecule has 0 saturated carbocycles. The Labute approximate surface area is 375 Å². The highest BCUT2D eigenvalue weighted by molar-refractivity contribution is 7.23. The predicted molar refractivity (Wildman–Crippen MR) is 238 cm³/mol. The van der Waals surface area contributed by atoms with Crippen molar-refractivity contribution >= 4 is 55.2 Å². The van der Waals surface area contributed by atoms with E-state index in [1.54, 1.807) is 27.7 Å². The maximum atomic E-state index is 15.6. The van der Waals surface area contributed by atoms with E-state index in [1.807, 2.05) is 6.07 Å². The average molecular weight is 908 g/mol. The molecule has 2 aromatic heterocycles. The number of nitrogens with zero attached hydrogens (tertiary/aromatic N) is 6. The molecular weight excluding hydrogens is 851 g/mol. The lowest BCUT2D eigenvalue weighted by Gasteiger charge is -2.66. The first-order valence-corrected chi connectivity index (χ1v) is 23.2. The van der Waals surface area contributed by atoms with Gasteiger partial charge in [-0.3, -0.25) is 15.0 Å². The number of nitrogens with one attached hydrogen (secondary N) is 1. The zero-order chi connectivity index (χ0) is 45.7. The van der Waals surface area contributed by atoms with Gasteiger partial charge < -0.3 is 24.0 Å². The maximum Gasteiger partial charge on any atom is 0.417 e. The number of likely N-dealkylation sites (tertiary alicyclic amines) is 1. The van der Waals surface area contributed by atoms with Crippen molar-refractivity contribution in [3.05, 3.63) is 40.7 Å². The van der Waals surface area contributed by atoms with Crippen LogP contribution in [0.4, 0.5) is 33.2 Å². The lowest BCUT2D eigenvalue weighted by atomic mass is 9.74. The van der Waals surface area contributed by atoms with E-state index in [0.29, 0.717) is 50.1 Å². The first kappa shape index (κ1) is 45.8. The minimum absolute atomic E-state index is 0.0182. The van der Waals surface area contributed by atoms with Crippen molar-refractivity contribution in [2.24, 2.45) is 5.41 Å². The molecule has 8 rings (SSSR count). The third kappa shape index (κ3) is 9.33. The summed E-state index contributed by atoms with van der Waals surface area (Å²) in [6, 6.07) is 6.70. The molecule has 3 unspecified atom stereocenters. The third-order valence-electron chi connectivity index (χ3n) is 13.3. The number of piperidine rings is 2. The quantitative estimate of drug-likeness (QED) is 0.0736. The number of benzene rings is 2. The standard InChI is InChI=1S/C47H57F4N7O5S/c1-27-37(31-14-15-35(48)40-38(31)33(22-52)42(64-40)55-44(60)63-45(2,3)4)34(47(49,50)51)21-32-39(27)53-43(54-41(32)57-23-29-19-28-20-30(24-57)58(28)29)62-26-46(5)16-12-18-56(25-46)17-11-9-7-8-10-13-36(59)61-6/h14-15,21,28-30H,7-13,16-20,23-26H2,1-6H3,(H,55,60). The van der Waals surface area contributed by atoms with Crippen LogP contribution in [0.15, 0.2) is 18.2 Å². The van der Waals surface area contributed by atoms with Crippen LogP contribution in [0.3, 0.4) is 0 Å². The van der Waals surface area contributed by atoms with Crippen molar-refractivity contribution in [3.8, 4) is 23.2 Å². The van der Waals surface area contributed by atoms with Crippen molar-refractivity contribution in [3.63, 3.8) is 0 Å². The Hall–Kier alpha value is -4.79. The largest absolute Gasteiger partial charge is 0.469 e. The maximum absolute atomic E-state index is 15.6. The molecule has 17 heteroatoms. The summed E-state index contributed by atoms with van der Waals surface area (Å²) in [5, 5.41) is 13.1. The Morgan fingerprint density at radius 2 is 1.77 bits per heavy atom. The van der Waals surface area contributed by atoms with Gasteiger partial charge in [0, 0.05) is 60.4 Å². The molecule has 4 aliphatic heterocycles. The third-order valence-corrected chi connectivity index (χ3v) is 14.4. The number of aromatic nitrogens is 2. The first-order valence-electron chi connectivity index (χ1n) is 22.4. The minimum atomic E-state index is -4.87. The number of amides is 1. The van der Waals surface area contributed by atoms with E-state index in [2.05, 4.69) is 26.9 Å². The fourth-order valence-corrected chi connectivity index (χ4v) is 11.4. The number of hydrogen-bond donors (Lipinski definition) is 1. The lowest BCUT2D eigenvalue weighted by molar-refractivity contribution is -0.140. The summed E-state index contributed by atoms with van der Waals surface area (Å²) < 4.78 is 78.9. The second kappa shape index (κ2) is 17.9. The van der Waals surface area contributed by atoms with E-state index in [0.717, 1.165) is 101 Å². The van der Waals surface area contributed by atoms with Crippen LogP contribution in [0.1, 0.15) is 109 Å². The molecule has 0 radical (unpaired) electrons. The number of thiophene rings is 1. The second-order valence-electron chi connectivity index (χ2n) is 19.3. The molecule has 4 saturated heterocycles. The molecule has 64 heavy (non-hydrogen) atoms. The normalized spacial score (nSPS) is 22.4. The molecule has 1 amide bonds. The minimum Gasteiger partial charge on any atom is -0.469 e. The van der Waals surface area contributed by atoms with Crippen molar-refractivity contribution in [2.45, 2.75) is 129 Å². The van der Waals surface area contributed by atoms with Crippen molar-refractivity contribution in [2.75, 3.05) is 56.7 Å². The molecule has 6 heterocycles. The number of piperazine rings is 1. The molecule has 12 nitrogen and oxygen atoms in total. The highest BCUT2D eigenvalue weighted by Crippen LogP contribution is 2.50. The number of alkyl halides is 3. The summed E-state index contributed by atoms with van der Waals surface area (Å²) in [6.45, 7) is 13.0. The monoisotopic (exact) mass is 907 g/mol. The Bertz CT molecular complexity index is 2470. The summed E-state index contributed by atoms with van der Waals surface area (Å²) in [6.07, 6.45) is 3.68. The number of carbonyl (C=O) groups excluding carboxylic acids is 2. The fraction of sp³-hybridized carbons (Fsp3) is 0.596. The van der Waals surface area contributed by atoms with Crippen LogP contribution in [-0.4, -0.2) is 102 Å². The van der Waals surface area contributed by atoms with Crippen LogP contribution in [0.2, 0.25) is 0 Å². The van der Waals surface area contributed by atoms with Crippen LogP contribution in [0.5, 0.6) is 6.01 Å². The van der Waals surface area contributed by atoms with Gasteiger partial charge in [0.1, 0.15) is 28.3 Å². The Balaban J connectivity index is 1.14. The molecule has 0 bridgehead atoms. The number of carbonyl (C=O) groups is 2. The first-order chi connectivity index (χ1) is 30.4. The molecule has 4 fully saturated rings. The van der Waals surface area contributed by atoms with Gasteiger partial charge in [0.15, 0.2) is 0 Å². The molecule has 1 N–H and O–H groups in total. The molecule has 2 aromatic carbocycles.